The summed E-state index contributed by atoms with van der Waals surface area (Å²) in [6.45, 7) is -0.120. The lowest BCUT2D eigenvalue weighted by Gasteiger charge is -2.37. The fourth-order valence-electron chi connectivity index (χ4n) is 5.13. The van der Waals surface area contributed by atoms with Crippen LogP contribution in [0, 0.1) is 17.7 Å². The minimum Gasteiger partial charge on any atom is -0.396 e. The van der Waals surface area contributed by atoms with Crippen molar-refractivity contribution >= 4 is 11.8 Å². The number of nitrogens with zero attached hydrogens (tertiary/aromatic N) is 4. The quantitative estimate of drug-likeness (QED) is 0.581. The summed E-state index contributed by atoms with van der Waals surface area (Å²) in [6.07, 6.45) is 4.21. The number of pyridine rings is 1. The summed E-state index contributed by atoms with van der Waals surface area (Å²) in [5.41, 5.74) is 0.972. The second-order valence-electron chi connectivity index (χ2n) is 8.43. The molecular formula is C24H22FN5O4. The molecule has 174 valence electrons. The topological polar surface area (TPSA) is 117 Å². The molecule has 4 heterocycles. The van der Waals surface area contributed by atoms with Crippen molar-refractivity contribution in [3.05, 3.63) is 94.2 Å². The molecular weight excluding hydrogens is 441 g/mol. The van der Waals surface area contributed by atoms with Gasteiger partial charge in [-0.25, -0.2) is 9.37 Å². The molecule has 0 saturated carbocycles. The van der Waals surface area contributed by atoms with Gasteiger partial charge >= 0.3 is 0 Å². The third kappa shape index (κ3) is 3.65. The molecule has 1 saturated heterocycles. The van der Waals surface area contributed by atoms with E-state index in [1.165, 1.54) is 36.8 Å². The van der Waals surface area contributed by atoms with Gasteiger partial charge in [0.2, 0.25) is 5.91 Å². The Hall–Kier alpha value is -3.92. The van der Waals surface area contributed by atoms with Gasteiger partial charge in [0.1, 0.15) is 11.5 Å². The van der Waals surface area contributed by atoms with Crippen molar-refractivity contribution in [2.24, 2.45) is 11.8 Å². The summed E-state index contributed by atoms with van der Waals surface area (Å²) in [4.78, 5) is 49.1. The lowest BCUT2D eigenvalue weighted by Crippen LogP contribution is -2.49. The molecule has 10 heteroatoms. The van der Waals surface area contributed by atoms with Crippen LogP contribution in [0.15, 0.2) is 65.8 Å². The van der Waals surface area contributed by atoms with Crippen LogP contribution in [0.3, 0.4) is 0 Å². The van der Waals surface area contributed by atoms with Gasteiger partial charge in [0, 0.05) is 49.8 Å². The molecule has 1 aromatic carbocycles. The molecule has 2 aromatic heterocycles. The molecule has 0 spiro atoms. The van der Waals surface area contributed by atoms with Crippen molar-refractivity contribution in [1.82, 2.24) is 24.8 Å². The fourth-order valence-corrected chi connectivity index (χ4v) is 5.13. The Kier molecular flexibility index (Phi) is 5.66. The van der Waals surface area contributed by atoms with Gasteiger partial charge in [0.25, 0.3) is 11.5 Å². The number of amides is 2. The van der Waals surface area contributed by atoms with E-state index < -0.39 is 41.6 Å². The highest BCUT2D eigenvalue weighted by Gasteiger charge is 2.57. The number of carbonyl (C=O) groups is 2. The number of benzene rings is 1. The average Bonchev–Trinajstić information content (AvgIpc) is 3.09. The van der Waals surface area contributed by atoms with E-state index >= 15 is 0 Å². The number of halogens is 1. The van der Waals surface area contributed by atoms with Crippen LogP contribution in [0.4, 0.5) is 4.39 Å². The highest BCUT2D eigenvalue weighted by atomic mass is 19.1. The standard InChI is InChI=1S/C24H22FN5O4/c25-15-4-1-3-14(9-15)10-28-23(33)21-16(13-31)19-12-29-18(5-2-6-20(29)32)22(21)30(19)24(34)17-11-26-7-8-27-17/h1-9,11,16,19,21-22,31H,10,12-13H2,(H,28,33)/t16-,19-,21+,22+/m0/s1. The normalized spacial score (nSPS) is 22.8. The van der Waals surface area contributed by atoms with E-state index in [2.05, 4.69) is 15.3 Å². The van der Waals surface area contributed by atoms with E-state index in [4.69, 9.17) is 0 Å². The number of aliphatic hydroxyl groups excluding tert-OH is 1. The molecule has 1 fully saturated rings. The van der Waals surface area contributed by atoms with E-state index in [0.717, 1.165) is 0 Å². The van der Waals surface area contributed by atoms with Crippen LogP contribution in [0.25, 0.3) is 0 Å². The average molecular weight is 463 g/mol. The Morgan fingerprint density at radius 1 is 1.18 bits per heavy atom. The van der Waals surface area contributed by atoms with Crippen LogP contribution < -0.4 is 10.9 Å². The molecule has 34 heavy (non-hydrogen) atoms. The molecule has 2 amide bonds. The Bertz CT molecular complexity index is 1300. The molecule has 9 nitrogen and oxygen atoms in total. The van der Waals surface area contributed by atoms with Gasteiger partial charge in [-0.1, -0.05) is 18.2 Å². The Morgan fingerprint density at radius 3 is 2.74 bits per heavy atom. The largest absolute Gasteiger partial charge is 0.396 e. The molecule has 0 unspecified atom stereocenters. The van der Waals surface area contributed by atoms with Gasteiger partial charge in [-0.2, -0.15) is 0 Å². The third-order valence-corrected chi connectivity index (χ3v) is 6.59. The smallest absolute Gasteiger partial charge is 0.274 e. The molecule has 2 N–H and O–H groups in total. The highest BCUT2D eigenvalue weighted by Crippen LogP contribution is 2.48. The van der Waals surface area contributed by atoms with Gasteiger partial charge in [-0.3, -0.25) is 19.4 Å². The van der Waals surface area contributed by atoms with Crippen LogP contribution >= 0.6 is 0 Å². The first-order chi connectivity index (χ1) is 16.5. The first kappa shape index (κ1) is 21.9. The Balaban J connectivity index is 1.53. The van der Waals surface area contributed by atoms with Crippen LogP contribution in [-0.2, 0) is 17.9 Å². The summed E-state index contributed by atoms with van der Waals surface area (Å²) in [5.74, 6) is -2.66. The number of fused-ring (bicyclic) bond motifs is 4. The van der Waals surface area contributed by atoms with Crippen molar-refractivity contribution in [2.75, 3.05) is 6.61 Å². The van der Waals surface area contributed by atoms with Gasteiger partial charge in [0.15, 0.2) is 0 Å². The third-order valence-electron chi connectivity index (χ3n) is 6.59. The van der Waals surface area contributed by atoms with Crippen molar-refractivity contribution in [3.63, 3.8) is 0 Å². The second kappa shape index (κ2) is 8.79. The SMILES string of the molecule is O=C(NCc1cccc(F)c1)[C@@H]1[C@@H](CO)[C@@H]2Cn3c(cccc3=O)[C@H]1N2C(=O)c1cnccn1. The summed E-state index contributed by atoms with van der Waals surface area (Å²) >= 11 is 0. The molecule has 0 aliphatic carbocycles. The molecule has 2 bridgehead atoms. The first-order valence-electron chi connectivity index (χ1n) is 10.9. The van der Waals surface area contributed by atoms with E-state index in [-0.39, 0.29) is 30.9 Å². The van der Waals surface area contributed by atoms with Crippen LogP contribution in [-0.4, -0.2) is 49.0 Å². The Morgan fingerprint density at radius 2 is 2.00 bits per heavy atom. The van der Waals surface area contributed by atoms with Gasteiger partial charge in [-0.15, -0.1) is 0 Å². The molecule has 5 rings (SSSR count). The molecule has 4 atom stereocenters. The summed E-state index contributed by atoms with van der Waals surface area (Å²) < 4.78 is 15.1. The molecule has 3 aromatic rings. The van der Waals surface area contributed by atoms with E-state index in [1.807, 2.05) is 0 Å². The van der Waals surface area contributed by atoms with Crippen molar-refractivity contribution < 1.29 is 19.1 Å². The van der Waals surface area contributed by atoms with Crippen molar-refractivity contribution in [1.29, 1.82) is 0 Å². The molecule has 0 radical (unpaired) electrons. The lowest BCUT2D eigenvalue weighted by molar-refractivity contribution is -0.127. The predicted octanol–water partition coefficient (Wildman–Crippen LogP) is 0.898. The van der Waals surface area contributed by atoms with E-state index in [9.17, 15) is 23.9 Å². The number of hydrogen-bond donors (Lipinski definition) is 2. The van der Waals surface area contributed by atoms with Crippen LogP contribution in [0.1, 0.15) is 27.8 Å². The maximum atomic E-state index is 13.6. The Labute approximate surface area is 193 Å². The summed E-state index contributed by atoms with van der Waals surface area (Å²) in [5, 5.41) is 13.1. The van der Waals surface area contributed by atoms with Gasteiger partial charge < -0.3 is 19.9 Å². The van der Waals surface area contributed by atoms with Crippen molar-refractivity contribution in [3.8, 4) is 0 Å². The lowest BCUT2D eigenvalue weighted by atomic mass is 9.86. The van der Waals surface area contributed by atoms with Gasteiger partial charge in [-0.05, 0) is 23.8 Å². The molecule has 2 aliphatic heterocycles. The zero-order chi connectivity index (χ0) is 23.8. The maximum Gasteiger partial charge on any atom is 0.274 e. The minimum absolute atomic E-state index is 0.0856. The van der Waals surface area contributed by atoms with Crippen molar-refractivity contribution in [2.45, 2.75) is 25.2 Å². The monoisotopic (exact) mass is 463 g/mol. The summed E-state index contributed by atoms with van der Waals surface area (Å²) in [6, 6.07) is 9.25. The van der Waals surface area contributed by atoms with Gasteiger partial charge in [0.05, 0.1) is 24.2 Å². The fraction of sp³-hybridized carbons (Fsp3) is 0.292. The second-order valence-corrected chi connectivity index (χ2v) is 8.43. The number of nitrogens with one attached hydrogen (secondary N) is 1. The number of carbonyl (C=O) groups excluding carboxylic acids is 2. The summed E-state index contributed by atoms with van der Waals surface area (Å²) in [7, 11) is 0. The van der Waals surface area contributed by atoms with E-state index in [1.54, 1.807) is 33.7 Å². The van der Waals surface area contributed by atoms with E-state index in [0.29, 0.717) is 11.3 Å². The maximum absolute atomic E-state index is 13.6. The zero-order valence-corrected chi connectivity index (χ0v) is 18.0. The van der Waals surface area contributed by atoms with Crippen LogP contribution in [0.5, 0.6) is 0 Å². The minimum atomic E-state index is -0.820. The number of aliphatic hydroxyl groups is 1. The number of rotatable bonds is 5. The highest BCUT2D eigenvalue weighted by molar-refractivity contribution is 5.94. The zero-order valence-electron chi connectivity index (χ0n) is 18.0. The number of hydrogen-bond acceptors (Lipinski definition) is 6. The predicted molar refractivity (Wildman–Crippen MR) is 118 cm³/mol. The van der Waals surface area contributed by atoms with Crippen LogP contribution in [0.2, 0.25) is 0 Å². The molecule has 2 aliphatic rings. The number of aromatic nitrogens is 3. The first-order valence-corrected chi connectivity index (χ1v) is 10.9.